The molecular weight excluding hydrogens is 226 g/mol. The van der Waals surface area contributed by atoms with Crippen LogP contribution in [0.25, 0.3) is 0 Å². The molecule has 13 heavy (non-hydrogen) atoms. The van der Waals surface area contributed by atoms with E-state index in [0.29, 0.717) is 11.5 Å². The predicted octanol–water partition coefficient (Wildman–Crippen LogP) is 3.53. The maximum absolute atomic E-state index is 3.50. The molecule has 0 aliphatic heterocycles. The van der Waals surface area contributed by atoms with Gasteiger partial charge in [0.15, 0.2) is 0 Å². The van der Waals surface area contributed by atoms with Crippen LogP contribution in [0.3, 0.4) is 0 Å². The molecule has 0 aromatic heterocycles. The summed E-state index contributed by atoms with van der Waals surface area (Å²) in [4.78, 5) is 2.53. The summed E-state index contributed by atoms with van der Waals surface area (Å²) in [5.74, 6) is 0. The lowest BCUT2D eigenvalue weighted by molar-refractivity contribution is 0.200. The molecule has 0 saturated carbocycles. The van der Waals surface area contributed by atoms with Crippen molar-refractivity contribution < 1.29 is 0 Å². The van der Waals surface area contributed by atoms with Gasteiger partial charge in [0.2, 0.25) is 0 Å². The smallest absolute Gasteiger partial charge is 0.0159 e. The lowest BCUT2D eigenvalue weighted by Crippen LogP contribution is -2.35. The molecule has 0 unspecified atom stereocenters. The highest BCUT2D eigenvalue weighted by Crippen LogP contribution is 2.19. The Morgan fingerprint density at radius 2 is 1.69 bits per heavy atom. The van der Waals surface area contributed by atoms with Crippen LogP contribution in [0.4, 0.5) is 0 Å². The van der Waals surface area contributed by atoms with Crippen LogP contribution in [0, 0.1) is 5.41 Å². The van der Waals surface area contributed by atoms with E-state index in [2.05, 4.69) is 55.4 Å². The maximum atomic E-state index is 3.50. The number of alkyl halides is 1. The maximum Gasteiger partial charge on any atom is 0.0159 e. The van der Waals surface area contributed by atoms with Gasteiger partial charge in [0.1, 0.15) is 0 Å². The van der Waals surface area contributed by atoms with Gasteiger partial charge < -0.3 is 4.90 Å². The normalized spacial score (nSPS) is 12.9. The molecule has 0 bridgehead atoms. The summed E-state index contributed by atoms with van der Waals surface area (Å²) in [5.41, 5.74) is 0.458. The fourth-order valence-corrected chi connectivity index (χ4v) is 1.67. The Bertz CT molecular complexity index is 127. The van der Waals surface area contributed by atoms with E-state index in [4.69, 9.17) is 0 Å². The summed E-state index contributed by atoms with van der Waals surface area (Å²) < 4.78 is 0. The minimum atomic E-state index is 0.458. The van der Waals surface area contributed by atoms with Crippen molar-refractivity contribution >= 4 is 15.9 Å². The largest absolute Gasteiger partial charge is 0.300 e. The zero-order valence-corrected chi connectivity index (χ0v) is 11.3. The van der Waals surface area contributed by atoms with Crippen molar-refractivity contribution in [2.24, 2.45) is 5.41 Å². The molecule has 0 saturated heterocycles. The molecule has 0 aliphatic carbocycles. The van der Waals surface area contributed by atoms with Gasteiger partial charge in [-0.05, 0) is 32.2 Å². The Hall–Kier alpha value is 0.440. The van der Waals surface area contributed by atoms with Gasteiger partial charge in [-0.1, -0.05) is 36.7 Å². The second-order valence-electron chi connectivity index (χ2n) is 5.13. The van der Waals surface area contributed by atoms with Crippen molar-refractivity contribution in [3.8, 4) is 0 Å². The van der Waals surface area contributed by atoms with Crippen LogP contribution < -0.4 is 0 Å². The van der Waals surface area contributed by atoms with Gasteiger partial charge in [-0.3, -0.25) is 0 Å². The van der Waals surface area contributed by atoms with Gasteiger partial charge in [-0.2, -0.15) is 0 Å². The molecule has 0 amide bonds. The average Bonchev–Trinajstić information content (AvgIpc) is 1.95. The Kier molecular flexibility index (Phi) is 6.23. The van der Waals surface area contributed by atoms with Gasteiger partial charge in [-0.15, -0.1) is 0 Å². The van der Waals surface area contributed by atoms with Crippen molar-refractivity contribution in [3.05, 3.63) is 0 Å². The minimum absolute atomic E-state index is 0.458. The van der Waals surface area contributed by atoms with Gasteiger partial charge in [0.25, 0.3) is 0 Å². The third kappa shape index (κ3) is 7.51. The molecule has 80 valence electrons. The van der Waals surface area contributed by atoms with Gasteiger partial charge >= 0.3 is 0 Å². The number of hydrogen-bond acceptors (Lipinski definition) is 1. The lowest BCUT2D eigenvalue weighted by Gasteiger charge is -2.29. The first-order valence-electron chi connectivity index (χ1n) is 5.17. The molecule has 0 radical (unpaired) electrons. The summed E-state index contributed by atoms with van der Waals surface area (Å²) >= 11 is 3.50. The fraction of sp³-hybridized carbons (Fsp3) is 1.00. The average molecular weight is 250 g/mol. The minimum Gasteiger partial charge on any atom is -0.300 e. The van der Waals surface area contributed by atoms with Crippen molar-refractivity contribution in [1.82, 2.24) is 4.90 Å². The summed E-state index contributed by atoms with van der Waals surface area (Å²) in [5, 5.41) is 1.08. The summed E-state index contributed by atoms with van der Waals surface area (Å²) in [6.07, 6.45) is 1.28. The van der Waals surface area contributed by atoms with E-state index in [1.54, 1.807) is 0 Å². The molecule has 0 fully saturated rings. The van der Waals surface area contributed by atoms with Gasteiger partial charge in [0.05, 0.1) is 0 Å². The second kappa shape index (κ2) is 6.02. The number of nitrogens with zero attached hydrogens (tertiary/aromatic N) is 1. The van der Waals surface area contributed by atoms with Crippen LogP contribution in [0.1, 0.15) is 41.0 Å². The molecule has 0 aromatic carbocycles. The Morgan fingerprint density at radius 1 is 1.15 bits per heavy atom. The highest BCUT2D eigenvalue weighted by atomic mass is 79.9. The number of hydrogen-bond donors (Lipinski definition) is 0. The van der Waals surface area contributed by atoms with Crippen molar-refractivity contribution in [2.75, 3.05) is 18.4 Å². The Morgan fingerprint density at radius 3 is 2.00 bits per heavy atom. The monoisotopic (exact) mass is 249 g/mol. The van der Waals surface area contributed by atoms with Crippen molar-refractivity contribution in [2.45, 2.75) is 47.1 Å². The van der Waals surface area contributed by atoms with E-state index in [1.807, 2.05) is 0 Å². The molecule has 0 heterocycles. The Labute approximate surface area is 92.0 Å². The lowest BCUT2D eigenvalue weighted by atomic mass is 9.92. The summed E-state index contributed by atoms with van der Waals surface area (Å²) in [7, 11) is 0. The van der Waals surface area contributed by atoms with Crippen LogP contribution >= 0.6 is 15.9 Å². The third-order valence-corrected chi connectivity index (χ3v) is 2.61. The standard InChI is InChI=1S/C11H24BrN/c1-10(2)13(9-7-12)8-6-11(3,4)5/h10H,6-9H2,1-5H3. The van der Waals surface area contributed by atoms with E-state index in [0.717, 1.165) is 11.9 Å². The number of halogens is 1. The molecule has 0 N–H and O–H groups in total. The summed E-state index contributed by atoms with van der Waals surface area (Å²) in [6.45, 7) is 13.8. The van der Waals surface area contributed by atoms with Crippen LogP contribution in [-0.2, 0) is 0 Å². The van der Waals surface area contributed by atoms with Crippen LogP contribution in [0.2, 0.25) is 0 Å². The topological polar surface area (TPSA) is 3.24 Å². The van der Waals surface area contributed by atoms with Crippen LogP contribution in [-0.4, -0.2) is 29.4 Å². The Balaban J connectivity index is 3.82. The van der Waals surface area contributed by atoms with Crippen molar-refractivity contribution in [3.63, 3.8) is 0 Å². The molecule has 0 aliphatic rings. The molecule has 0 rings (SSSR count). The van der Waals surface area contributed by atoms with Gasteiger partial charge in [-0.25, -0.2) is 0 Å². The molecule has 1 nitrogen and oxygen atoms in total. The third-order valence-electron chi connectivity index (χ3n) is 2.25. The van der Waals surface area contributed by atoms with Crippen LogP contribution in [0.5, 0.6) is 0 Å². The quantitative estimate of drug-likeness (QED) is 0.675. The first-order valence-corrected chi connectivity index (χ1v) is 6.29. The molecule has 0 atom stereocenters. The van der Waals surface area contributed by atoms with E-state index >= 15 is 0 Å². The van der Waals surface area contributed by atoms with E-state index in [-0.39, 0.29) is 0 Å². The predicted molar refractivity (Wildman–Crippen MR) is 64.6 cm³/mol. The molecular formula is C11H24BrN. The van der Waals surface area contributed by atoms with Gasteiger partial charge in [0, 0.05) is 17.9 Å². The fourth-order valence-electron chi connectivity index (χ4n) is 1.22. The van der Waals surface area contributed by atoms with E-state index < -0.39 is 0 Å². The number of rotatable bonds is 5. The highest BCUT2D eigenvalue weighted by Gasteiger charge is 2.14. The highest BCUT2D eigenvalue weighted by molar-refractivity contribution is 9.09. The van der Waals surface area contributed by atoms with Crippen molar-refractivity contribution in [1.29, 1.82) is 0 Å². The summed E-state index contributed by atoms with van der Waals surface area (Å²) in [6, 6.07) is 0.667. The van der Waals surface area contributed by atoms with Crippen LogP contribution in [0.15, 0.2) is 0 Å². The molecule has 0 spiro atoms. The van der Waals surface area contributed by atoms with E-state index in [1.165, 1.54) is 13.0 Å². The first kappa shape index (κ1) is 13.4. The van der Waals surface area contributed by atoms with E-state index in [9.17, 15) is 0 Å². The zero-order valence-electron chi connectivity index (χ0n) is 9.73. The molecule has 0 aromatic rings. The first-order chi connectivity index (χ1) is 5.87. The molecule has 2 heteroatoms. The second-order valence-corrected chi connectivity index (χ2v) is 5.92. The SMILES string of the molecule is CC(C)N(CCBr)CCC(C)(C)C. The zero-order chi connectivity index (χ0) is 10.5.